The van der Waals surface area contributed by atoms with E-state index in [0.717, 1.165) is 18.6 Å². The van der Waals surface area contributed by atoms with Gasteiger partial charge in [0.2, 0.25) is 0 Å². The minimum absolute atomic E-state index is 0.0932. The van der Waals surface area contributed by atoms with Crippen molar-refractivity contribution in [2.75, 3.05) is 6.54 Å². The Balaban J connectivity index is 1.76. The largest absolute Gasteiger partial charge is 0.491 e. The molecule has 146 valence electrons. The van der Waals surface area contributed by atoms with E-state index < -0.39 is 6.10 Å². The first-order valence-electron chi connectivity index (χ1n) is 9.43. The predicted molar refractivity (Wildman–Crippen MR) is 110 cm³/mol. The van der Waals surface area contributed by atoms with Crippen molar-refractivity contribution in [3.63, 3.8) is 0 Å². The van der Waals surface area contributed by atoms with Gasteiger partial charge < -0.3 is 14.8 Å². The predicted octanol–water partition coefficient (Wildman–Crippen LogP) is 5.03. The fraction of sp³-hybridized carbons (Fsp3) is 0.409. The quantitative estimate of drug-likeness (QED) is 0.579. The number of hydrogen-bond donors (Lipinski definition) is 1. The first-order valence-corrected chi connectivity index (χ1v) is 9.81. The van der Waals surface area contributed by atoms with E-state index in [1.54, 1.807) is 24.3 Å². The van der Waals surface area contributed by atoms with Crippen LogP contribution in [0.5, 0.6) is 11.5 Å². The van der Waals surface area contributed by atoms with Crippen LogP contribution in [0, 0.1) is 0 Å². The fourth-order valence-corrected chi connectivity index (χ4v) is 2.79. The maximum atomic E-state index is 12.4. The van der Waals surface area contributed by atoms with Gasteiger partial charge in [-0.05, 0) is 75.1 Å². The molecule has 1 N–H and O–H groups in total. The molecule has 0 aromatic heterocycles. The van der Waals surface area contributed by atoms with Crippen LogP contribution in [0.4, 0.5) is 0 Å². The van der Waals surface area contributed by atoms with Crippen molar-refractivity contribution in [1.82, 2.24) is 5.32 Å². The Bertz CT molecular complexity index is 716. The molecule has 0 heterocycles. The van der Waals surface area contributed by atoms with Crippen LogP contribution in [-0.2, 0) is 11.2 Å². The zero-order valence-electron chi connectivity index (χ0n) is 16.2. The van der Waals surface area contributed by atoms with E-state index in [-0.39, 0.29) is 12.0 Å². The lowest BCUT2D eigenvalue weighted by molar-refractivity contribution is -0.128. The van der Waals surface area contributed by atoms with Crippen molar-refractivity contribution in [3.05, 3.63) is 59.1 Å². The SMILES string of the molecule is CCC(Oc1ccc(Cl)cc1)C(=O)NCCCc1cccc(OC(C)C)c1. The van der Waals surface area contributed by atoms with Crippen LogP contribution in [-0.4, -0.2) is 24.7 Å². The molecule has 0 saturated heterocycles. The van der Waals surface area contributed by atoms with Crippen LogP contribution in [0.3, 0.4) is 0 Å². The Morgan fingerprint density at radius 3 is 2.48 bits per heavy atom. The molecular weight excluding hydrogens is 362 g/mol. The van der Waals surface area contributed by atoms with E-state index in [0.29, 0.717) is 23.7 Å². The molecule has 0 aliphatic carbocycles. The summed E-state index contributed by atoms with van der Waals surface area (Å²) in [5.41, 5.74) is 1.20. The third kappa shape index (κ3) is 7.51. The van der Waals surface area contributed by atoms with Gasteiger partial charge in [0.05, 0.1) is 6.10 Å². The molecule has 1 atom stereocenters. The minimum atomic E-state index is -0.506. The standard InChI is InChI=1S/C22H28ClNO3/c1-4-21(27-19-12-10-18(23)11-13-19)22(25)24-14-6-8-17-7-5-9-20(15-17)26-16(2)3/h5,7,9-13,15-16,21H,4,6,8,14H2,1-3H3,(H,24,25). The summed E-state index contributed by atoms with van der Waals surface area (Å²) >= 11 is 5.87. The Morgan fingerprint density at radius 2 is 1.81 bits per heavy atom. The summed E-state index contributed by atoms with van der Waals surface area (Å²) in [6.45, 7) is 6.56. The minimum Gasteiger partial charge on any atom is -0.491 e. The summed E-state index contributed by atoms with van der Waals surface area (Å²) in [6, 6.07) is 15.1. The van der Waals surface area contributed by atoms with Gasteiger partial charge in [0.1, 0.15) is 11.5 Å². The zero-order chi connectivity index (χ0) is 19.6. The summed E-state index contributed by atoms with van der Waals surface area (Å²) in [4.78, 5) is 12.4. The number of rotatable bonds is 10. The van der Waals surface area contributed by atoms with Gasteiger partial charge >= 0.3 is 0 Å². The van der Waals surface area contributed by atoms with Crippen LogP contribution < -0.4 is 14.8 Å². The molecule has 0 radical (unpaired) electrons. The van der Waals surface area contributed by atoms with Crippen molar-refractivity contribution in [2.24, 2.45) is 0 Å². The molecule has 2 rings (SSSR count). The smallest absolute Gasteiger partial charge is 0.261 e. The highest BCUT2D eigenvalue weighted by Crippen LogP contribution is 2.18. The van der Waals surface area contributed by atoms with Crippen molar-refractivity contribution >= 4 is 17.5 Å². The van der Waals surface area contributed by atoms with Crippen LogP contribution in [0.1, 0.15) is 39.2 Å². The third-order valence-electron chi connectivity index (χ3n) is 3.97. The Kier molecular flexibility index (Phi) is 8.46. The second-order valence-corrected chi connectivity index (χ2v) is 7.11. The van der Waals surface area contributed by atoms with Gasteiger partial charge in [0.15, 0.2) is 6.10 Å². The van der Waals surface area contributed by atoms with Crippen molar-refractivity contribution in [3.8, 4) is 11.5 Å². The van der Waals surface area contributed by atoms with Gasteiger partial charge in [-0.15, -0.1) is 0 Å². The number of nitrogens with one attached hydrogen (secondary N) is 1. The third-order valence-corrected chi connectivity index (χ3v) is 4.22. The summed E-state index contributed by atoms with van der Waals surface area (Å²) < 4.78 is 11.5. The van der Waals surface area contributed by atoms with Gasteiger partial charge in [0, 0.05) is 11.6 Å². The summed E-state index contributed by atoms with van der Waals surface area (Å²) in [7, 11) is 0. The van der Waals surface area contributed by atoms with E-state index in [4.69, 9.17) is 21.1 Å². The monoisotopic (exact) mass is 389 g/mol. The second kappa shape index (κ2) is 10.8. The molecule has 0 aliphatic rings. The van der Waals surface area contributed by atoms with Crippen LogP contribution >= 0.6 is 11.6 Å². The van der Waals surface area contributed by atoms with Crippen LogP contribution in [0.15, 0.2) is 48.5 Å². The molecule has 5 heteroatoms. The Labute approximate surface area is 166 Å². The van der Waals surface area contributed by atoms with Crippen molar-refractivity contribution in [2.45, 2.75) is 52.2 Å². The Hall–Kier alpha value is -2.20. The molecular formula is C22H28ClNO3. The highest BCUT2D eigenvalue weighted by atomic mass is 35.5. The number of amides is 1. The van der Waals surface area contributed by atoms with E-state index in [1.807, 2.05) is 32.9 Å². The molecule has 2 aromatic rings. The number of aryl methyl sites for hydroxylation is 1. The average Bonchev–Trinajstić information content (AvgIpc) is 2.64. The lowest BCUT2D eigenvalue weighted by Crippen LogP contribution is -2.38. The number of benzene rings is 2. The molecule has 0 aliphatic heterocycles. The number of carbonyl (C=O) groups is 1. The first kappa shape index (κ1) is 21.1. The number of halogens is 1. The molecule has 0 saturated carbocycles. The molecule has 2 aromatic carbocycles. The lowest BCUT2D eigenvalue weighted by Gasteiger charge is -2.17. The van der Waals surface area contributed by atoms with E-state index in [1.165, 1.54) is 5.56 Å². The fourth-order valence-electron chi connectivity index (χ4n) is 2.66. The number of carbonyl (C=O) groups excluding carboxylic acids is 1. The van der Waals surface area contributed by atoms with Crippen molar-refractivity contribution < 1.29 is 14.3 Å². The van der Waals surface area contributed by atoms with E-state index in [2.05, 4.69) is 17.4 Å². The highest BCUT2D eigenvalue weighted by Gasteiger charge is 2.17. The van der Waals surface area contributed by atoms with Gasteiger partial charge in [-0.1, -0.05) is 30.7 Å². The first-order chi connectivity index (χ1) is 13.0. The van der Waals surface area contributed by atoms with Gasteiger partial charge in [-0.25, -0.2) is 0 Å². The topological polar surface area (TPSA) is 47.6 Å². The number of hydrogen-bond acceptors (Lipinski definition) is 3. The van der Waals surface area contributed by atoms with Gasteiger partial charge in [0.25, 0.3) is 5.91 Å². The summed E-state index contributed by atoms with van der Waals surface area (Å²) in [5, 5.41) is 3.60. The van der Waals surface area contributed by atoms with E-state index >= 15 is 0 Å². The highest BCUT2D eigenvalue weighted by molar-refractivity contribution is 6.30. The maximum absolute atomic E-state index is 12.4. The van der Waals surface area contributed by atoms with Crippen LogP contribution in [0.25, 0.3) is 0 Å². The average molecular weight is 390 g/mol. The lowest BCUT2D eigenvalue weighted by atomic mass is 10.1. The molecule has 27 heavy (non-hydrogen) atoms. The Morgan fingerprint density at radius 1 is 1.07 bits per heavy atom. The van der Waals surface area contributed by atoms with Gasteiger partial charge in [-0.2, -0.15) is 0 Å². The summed E-state index contributed by atoms with van der Waals surface area (Å²) in [5.74, 6) is 1.43. The number of ether oxygens (including phenoxy) is 2. The molecule has 1 amide bonds. The summed E-state index contributed by atoms with van der Waals surface area (Å²) in [6.07, 6.45) is 1.99. The van der Waals surface area contributed by atoms with Crippen LogP contribution in [0.2, 0.25) is 5.02 Å². The molecule has 0 bridgehead atoms. The molecule has 4 nitrogen and oxygen atoms in total. The van der Waals surface area contributed by atoms with E-state index in [9.17, 15) is 4.79 Å². The molecule has 0 fully saturated rings. The van der Waals surface area contributed by atoms with Crippen molar-refractivity contribution in [1.29, 1.82) is 0 Å². The molecule has 1 unspecified atom stereocenters. The van der Waals surface area contributed by atoms with Gasteiger partial charge in [-0.3, -0.25) is 4.79 Å². The zero-order valence-corrected chi connectivity index (χ0v) is 17.0. The normalized spacial score (nSPS) is 11.9. The second-order valence-electron chi connectivity index (χ2n) is 6.68. The maximum Gasteiger partial charge on any atom is 0.261 e. The molecule has 0 spiro atoms.